The van der Waals surface area contributed by atoms with E-state index in [1.807, 2.05) is 70.9 Å². The number of hydrogen-bond acceptors (Lipinski definition) is 6. The van der Waals surface area contributed by atoms with Gasteiger partial charge in [0, 0.05) is 5.39 Å². The summed E-state index contributed by atoms with van der Waals surface area (Å²) in [5, 5.41) is 3.83. The number of nitrogens with zero attached hydrogens (tertiary/aromatic N) is 3. The summed E-state index contributed by atoms with van der Waals surface area (Å²) >= 11 is 3.03. The van der Waals surface area contributed by atoms with Gasteiger partial charge in [-0.25, -0.2) is 9.97 Å². The molecule has 0 spiro atoms. The molecule has 29 heavy (non-hydrogen) atoms. The Morgan fingerprint density at radius 3 is 2.83 bits per heavy atom. The van der Waals surface area contributed by atoms with Gasteiger partial charge in [0.2, 0.25) is 5.91 Å². The number of aromatic nitrogens is 2. The molecule has 5 nitrogen and oxygen atoms in total. The average Bonchev–Trinajstić information content (AvgIpc) is 3.27. The van der Waals surface area contributed by atoms with E-state index in [0.717, 1.165) is 32.2 Å². The van der Waals surface area contributed by atoms with Crippen LogP contribution in [0.4, 0.5) is 5.69 Å². The van der Waals surface area contributed by atoms with Crippen molar-refractivity contribution < 1.29 is 9.53 Å². The van der Waals surface area contributed by atoms with Crippen molar-refractivity contribution >= 4 is 44.9 Å². The van der Waals surface area contributed by atoms with Crippen LogP contribution in [0, 0.1) is 0 Å². The molecule has 0 radical (unpaired) electrons. The first-order valence-electron chi connectivity index (χ1n) is 9.21. The standard InChI is InChI=1S/C22H17N3O2S2/c26-20(13-29-22-16-10-11-28-21(16)23-14-24-22)25-17-8-4-5-9-19(17)27-12-18(25)15-6-2-1-3-7-15/h1-11,14,18H,12-13H2. The van der Waals surface area contributed by atoms with Crippen molar-refractivity contribution in [2.45, 2.75) is 11.1 Å². The molecule has 0 saturated heterocycles. The van der Waals surface area contributed by atoms with Crippen LogP contribution >= 0.6 is 23.1 Å². The Hall–Kier alpha value is -2.90. The molecule has 3 heterocycles. The van der Waals surface area contributed by atoms with Gasteiger partial charge in [-0.2, -0.15) is 0 Å². The zero-order valence-corrected chi connectivity index (χ0v) is 17.0. The molecule has 144 valence electrons. The lowest BCUT2D eigenvalue weighted by atomic mass is 10.0. The highest BCUT2D eigenvalue weighted by Crippen LogP contribution is 2.40. The van der Waals surface area contributed by atoms with Crippen LogP contribution < -0.4 is 9.64 Å². The fourth-order valence-corrected chi connectivity index (χ4v) is 5.14. The number of thiophene rings is 1. The topological polar surface area (TPSA) is 55.3 Å². The molecule has 2 aromatic carbocycles. The number of hydrogen-bond donors (Lipinski definition) is 0. The second-order valence-corrected chi connectivity index (χ2v) is 8.43. The van der Waals surface area contributed by atoms with Crippen LogP contribution in [0.1, 0.15) is 11.6 Å². The third-order valence-corrected chi connectivity index (χ3v) is 6.65. The highest BCUT2D eigenvalue weighted by molar-refractivity contribution is 8.00. The zero-order chi connectivity index (χ0) is 19.6. The van der Waals surface area contributed by atoms with Gasteiger partial charge in [0.1, 0.15) is 28.5 Å². The molecule has 1 atom stereocenters. The van der Waals surface area contributed by atoms with Gasteiger partial charge in [-0.15, -0.1) is 11.3 Å². The maximum Gasteiger partial charge on any atom is 0.238 e. The van der Waals surface area contributed by atoms with Crippen LogP contribution in [0.15, 0.2) is 77.4 Å². The van der Waals surface area contributed by atoms with Gasteiger partial charge < -0.3 is 4.74 Å². The predicted molar refractivity (Wildman–Crippen MR) is 117 cm³/mol. The van der Waals surface area contributed by atoms with Gasteiger partial charge in [0.05, 0.1) is 17.5 Å². The highest BCUT2D eigenvalue weighted by atomic mass is 32.2. The van der Waals surface area contributed by atoms with E-state index in [1.165, 1.54) is 11.8 Å². The Balaban J connectivity index is 1.45. The van der Waals surface area contributed by atoms with E-state index in [4.69, 9.17) is 4.74 Å². The second-order valence-electron chi connectivity index (χ2n) is 6.58. The van der Waals surface area contributed by atoms with Crippen LogP contribution in [0.2, 0.25) is 0 Å². The first-order chi connectivity index (χ1) is 14.3. The minimum Gasteiger partial charge on any atom is -0.489 e. The number of benzene rings is 2. The van der Waals surface area contributed by atoms with E-state index < -0.39 is 0 Å². The van der Waals surface area contributed by atoms with Crippen LogP contribution in [-0.4, -0.2) is 28.2 Å². The van der Waals surface area contributed by atoms with Gasteiger partial charge in [-0.1, -0.05) is 54.2 Å². The van der Waals surface area contributed by atoms with Gasteiger partial charge >= 0.3 is 0 Å². The predicted octanol–water partition coefficient (Wildman–Crippen LogP) is 4.95. The van der Waals surface area contributed by atoms with Crippen molar-refractivity contribution in [3.05, 3.63) is 77.9 Å². The fraction of sp³-hybridized carbons (Fsp3) is 0.136. The third-order valence-electron chi connectivity index (χ3n) is 4.84. The lowest BCUT2D eigenvalue weighted by Crippen LogP contribution is -2.42. The molecule has 0 bridgehead atoms. The molecular weight excluding hydrogens is 402 g/mol. The average molecular weight is 420 g/mol. The molecule has 2 aromatic heterocycles. The summed E-state index contributed by atoms with van der Waals surface area (Å²) in [6.07, 6.45) is 1.56. The lowest BCUT2D eigenvalue weighted by molar-refractivity contribution is -0.117. The Morgan fingerprint density at radius 1 is 1.10 bits per heavy atom. The number of carbonyl (C=O) groups is 1. The zero-order valence-electron chi connectivity index (χ0n) is 15.4. The summed E-state index contributed by atoms with van der Waals surface area (Å²) in [5.41, 5.74) is 1.86. The molecule has 1 amide bonds. The molecule has 0 fully saturated rings. The molecule has 5 rings (SSSR count). The lowest BCUT2D eigenvalue weighted by Gasteiger charge is -2.37. The van der Waals surface area contributed by atoms with E-state index in [2.05, 4.69) is 9.97 Å². The van der Waals surface area contributed by atoms with Crippen LogP contribution in [0.3, 0.4) is 0 Å². The van der Waals surface area contributed by atoms with Gasteiger partial charge in [0.15, 0.2) is 0 Å². The first-order valence-corrected chi connectivity index (χ1v) is 11.1. The van der Waals surface area contributed by atoms with Gasteiger partial charge in [-0.05, 0) is 29.1 Å². The molecule has 0 aliphatic carbocycles. The van der Waals surface area contributed by atoms with Crippen molar-refractivity contribution in [3.8, 4) is 5.75 Å². The number of carbonyl (C=O) groups excluding carboxylic acids is 1. The van der Waals surface area contributed by atoms with Gasteiger partial charge in [0.25, 0.3) is 0 Å². The van der Waals surface area contributed by atoms with Crippen molar-refractivity contribution in [2.75, 3.05) is 17.3 Å². The van der Waals surface area contributed by atoms with Crippen molar-refractivity contribution in [1.29, 1.82) is 0 Å². The SMILES string of the molecule is O=C(CSc1ncnc2sccc12)N1c2ccccc2OCC1c1ccccc1. The van der Waals surface area contributed by atoms with E-state index >= 15 is 0 Å². The summed E-state index contributed by atoms with van der Waals surface area (Å²) in [7, 11) is 0. The van der Waals surface area contributed by atoms with Crippen LogP contribution in [-0.2, 0) is 4.79 Å². The Morgan fingerprint density at radius 2 is 1.93 bits per heavy atom. The number of ether oxygens (including phenoxy) is 1. The molecular formula is C22H17N3O2S2. The first kappa shape index (κ1) is 18.1. The van der Waals surface area contributed by atoms with E-state index in [0.29, 0.717) is 12.4 Å². The minimum atomic E-state index is -0.161. The molecule has 4 aromatic rings. The van der Waals surface area contributed by atoms with Crippen molar-refractivity contribution in [1.82, 2.24) is 9.97 Å². The number of anilines is 1. The summed E-state index contributed by atoms with van der Waals surface area (Å²) in [5.74, 6) is 1.06. The number of fused-ring (bicyclic) bond motifs is 2. The second kappa shape index (κ2) is 7.85. The van der Waals surface area contributed by atoms with Crippen LogP contribution in [0.25, 0.3) is 10.2 Å². The van der Waals surface area contributed by atoms with E-state index in [9.17, 15) is 4.79 Å². The maximum atomic E-state index is 13.4. The molecule has 7 heteroatoms. The number of amides is 1. The minimum absolute atomic E-state index is 0.0293. The summed E-state index contributed by atoms with van der Waals surface area (Å²) in [4.78, 5) is 24.9. The molecule has 1 aliphatic heterocycles. The van der Waals surface area contributed by atoms with E-state index in [1.54, 1.807) is 17.7 Å². The maximum absolute atomic E-state index is 13.4. The number of para-hydroxylation sites is 2. The monoisotopic (exact) mass is 419 g/mol. The van der Waals surface area contributed by atoms with Gasteiger partial charge in [-0.3, -0.25) is 9.69 Å². The molecule has 1 unspecified atom stereocenters. The Kier molecular flexibility index (Phi) is 4.91. The summed E-state index contributed by atoms with van der Waals surface area (Å²) in [6, 6.07) is 19.6. The highest BCUT2D eigenvalue weighted by Gasteiger charge is 2.33. The normalized spacial score (nSPS) is 15.7. The molecule has 1 aliphatic rings. The number of rotatable bonds is 4. The Labute approximate surface area is 176 Å². The molecule has 0 saturated carbocycles. The molecule has 0 N–H and O–H groups in total. The van der Waals surface area contributed by atoms with Crippen molar-refractivity contribution in [2.24, 2.45) is 0 Å². The van der Waals surface area contributed by atoms with Crippen molar-refractivity contribution in [3.63, 3.8) is 0 Å². The fourth-order valence-electron chi connectivity index (χ4n) is 3.50. The Bertz CT molecular complexity index is 1160. The third kappa shape index (κ3) is 3.47. The van der Waals surface area contributed by atoms with E-state index in [-0.39, 0.29) is 11.9 Å². The summed E-state index contributed by atoms with van der Waals surface area (Å²) in [6.45, 7) is 0.430. The largest absolute Gasteiger partial charge is 0.489 e. The smallest absolute Gasteiger partial charge is 0.238 e. The van der Waals surface area contributed by atoms with Crippen LogP contribution in [0.5, 0.6) is 5.75 Å². The summed E-state index contributed by atoms with van der Waals surface area (Å²) < 4.78 is 5.96. The number of thioether (sulfide) groups is 1. The quantitative estimate of drug-likeness (QED) is 0.346.